The molecule has 0 saturated heterocycles. The third-order valence-electron chi connectivity index (χ3n) is 3.16. The summed E-state index contributed by atoms with van der Waals surface area (Å²) in [4.78, 5) is 23.3. The molecule has 0 aliphatic carbocycles. The number of benzene rings is 1. The van der Waals surface area contributed by atoms with Crippen LogP contribution in [0.4, 0.5) is 13.2 Å². The van der Waals surface area contributed by atoms with Gasteiger partial charge in [-0.3, -0.25) is 9.59 Å². The Morgan fingerprint density at radius 1 is 1.12 bits per heavy atom. The molecule has 1 heterocycles. The van der Waals surface area contributed by atoms with Crippen LogP contribution in [-0.2, 0) is 17.5 Å². The summed E-state index contributed by atoms with van der Waals surface area (Å²) < 4.78 is 37.8. The molecule has 8 heteroatoms. The first-order chi connectivity index (χ1) is 11.4. The van der Waals surface area contributed by atoms with Crippen molar-refractivity contribution < 1.29 is 22.8 Å². The van der Waals surface area contributed by atoms with Gasteiger partial charge in [0, 0.05) is 30.5 Å². The van der Waals surface area contributed by atoms with Crippen molar-refractivity contribution in [2.45, 2.75) is 19.1 Å². The number of carbonyl (C=O) groups excluding carboxylic acids is 2. The minimum Gasteiger partial charge on any atom is -0.352 e. The van der Waals surface area contributed by atoms with Crippen molar-refractivity contribution in [3.8, 4) is 0 Å². The van der Waals surface area contributed by atoms with Crippen molar-refractivity contribution in [3.63, 3.8) is 0 Å². The first-order valence-electron chi connectivity index (χ1n) is 7.09. The first kappa shape index (κ1) is 18.0. The third kappa shape index (κ3) is 5.38. The van der Waals surface area contributed by atoms with Gasteiger partial charge in [-0.05, 0) is 29.1 Å². The Kier molecular flexibility index (Phi) is 5.97. The number of carbonyl (C=O) groups is 2. The van der Waals surface area contributed by atoms with Crippen molar-refractivity contribution >= 4 is 23.2 Å². The van der Waals surface area contributed by atoms with Crippen molar-refractivity contribution in [1.82, 2.24) is 10.6 Å². The summed E-state index contributed by atoms with van der Waals surface area (Å²) >= 11 is 1.40. The lowest BCUT2D eigenvalue weighted by molar-refractivity contribution is -0.137. The molecule has 128 valence electrons. The van der Waals surface area contributed by atoms with E-state index in [0.717, 1.165) is 12.1 Å². The molecule has 0 unspecified atom stereocenters. The fraction of sp³-hybridized carbons (Fsp3) is 0.250. The lowest BCUT2D eigenvalue weighted by Crippen LogP contribution is -2.30. The fourth-order valence-corrected chi connectivity index (χ4v) is 2.57. The molecule has 0 radical (unpaired) electrons. The minimum absolute atomic E-state index is 0.00122. The van der Waals surface area contributed by atoms with Crippen LogP contribution in [0.15, 0.2) is 41.1 Å². The predicted molar refractivity (Wildman–Crippen MR) is 84.6 cm³/mol. The molecule has 2 N–H and O–H groups in total. The molecule has 0 saturated carbocycles. The number of rotatable bonds is 6. The topological polar surface area (TPSA) is 58.2 Å². The molecule has 1 aromatic carbocycles. The van der Waals surface area contributed by atoms with Gasteiger partial charge in [-0.15, -0.1) is 0 Å². The molecule has 0 fully saturated rings. The SMILES string of the molecule is O=C(CCNC(=O)c1ccsc1)NCc1cccc(C(F)(F)F)c1. The second-order valence-electron chi connectivity index (χ2n) is 4.99. The summed E-state index contributed by atoms with van der Waals surface area (Å²) in [5.41, 5.74) is 0.141. The van der Waals surface area contributed by atoms with Crippen LogP contribution in [0.3, 0.4) is 0 Å². The zero-order valence-electron chi connectivity index (χ0n) is 12.5. The number of hydrogen-bond acceptors (Lipinski definition) is 3. The largest absolute Gasteiger partial charge is 0.416 e. The normalized spacial score (nSPS) is 11.1. The van der Waals surface area contributed by atoms with Crippen LogP contribution in [0.1, 0.15) is 27.9 Å². The number of thiophene rings is 1. The lowest BCUT2D eigenvalue weighted by atomic mass is 10.1. The minimum atomic E-state index is -4.41. The number of hydrogen-bond donors (Lipinski definition) is 2. The Bertz CT molecular complexity index is 700. The molecule has 0 aliphatic heterocycles. The Balaban J connectivity index is 1.74. The van der Waals surface area contributed by atoms with E-state index in [4.69, 9.17) is 0 Å². The van der Waals surface area contributed by atoms with Gasteiger partial charge in [-0.25, -0.2) is 0 Å². The van der Waals surface area contributed by atoms with E-state index in [-0.39, 0.29) is 31.3 Å². The molecule has 0 atom stereocenters. The highest BCUT2D eigenvalue weighted by Gasteiger charge is 2.30. The van der Waals surface area contributed by atoms with E-state index in [1.54, 1.807) is 16.8 Å². The quantitative estimate of drug-likeness (QED) is 0.835. The molecule has 0 bridgehead atoms. The van der Waals surface area contributed by atoms with Gasteiger partial charge in [0.1, 0.15) is 0 Å². The van der Waals surface area contributed by atoms with Crippen LogP contribution >= 0.6 is 11.3 Å². The number of amides is 2. The van der Waals surface area contributed by atoms with Crippen LogP contribution in [-0.4, -0.2) is 18.4 Å². The Hall–Kier alpha value is -2.35. The highest BCUT2D eigenvalue weighted by Crippen LogP contribution is 2.29. The smallest absolute Gasteiger partial charge is 0.352 e. The van der Waals surface area contributed by atoms with E-state index < -0.39 is 11.7 Å². The van der Waals surface area contributed by atoms with Crippen LogP contribution in [0, 0.1) is 0 Å². The van der Waals surface area contributed by atoms with Crippen LogP contribution in [0.5, 0.6) is 0 Å². The second kappa shape index (κ2) is 7.96. The molecule has 2 aromatic rings. The number of nitrogens with one attached hydrogen (secondary N) is 2. The van der Waals surface area contributed by atoms with E-state index >= 15 is 0 Å². The maximum absolute atomic E-state index is 12.6. The Morgan fingerprint density at radius 3 is 2.58 bits per heavy atom. The van der Waals surface area contributed by atoms with Crippen LogP contribution in [0.2, 0.25) is 0 Å². The van der Waals surface area contributed by atoms with Crippen LogP contribution < -0.4 is 10.6 Å². The molecule has 1 aromatic heterocycles. The molecule has 24 heavy (non-hydrogen) atoms. The van der Waals surface area contributed by atoms with Crippen molar-refractivity contribution in [1.29, 1.82) is 0 Å². The van der Waals surface area contributed by atoms with Gasteiger partial charge >= 0.3 is 6.18 Å². The number of halogens is 3. The maximum atomic E-state index is 12.6. The van der Waals surface area contributed by atoms with E-state index in [1.807, 2.05) is 0 Å². The Labute approximate surface area is 140 Å². The molecule has 4 nitrogen and oxygen atoms in total. The Morgan fingerprint density at radius 2 is 1.92 bits per heavy atom. The van der Waals surface area contributed by atoms with Crippen molar-refractivity contribution in [3.05, 3.63) is 57.8 Å². The summed E-state index contributed by atoms with van der Waals surface area (Å²) in [6, 6.07) is 6.46. The van der Waals surface area contributed by atoms with Gasteiger partial charge in [-0.1, -0.05) is 12.1 Å². The summed E-state index contributed by atoms with van der Waals surface area (Å²) in [6.45, 7) is 0.157. The van der Waals surface area contributed by atoms with Gasteiger partial charge in [-0.2, -0.15) is 24.5 Å². The lowest BCUT2D eigenvalue weighted by Gasteiger charge is -2.10. The molecule has 0 spiro atoms. The third-order valence-corrected chi connectivity index (χ3v) is 3.85. The highest BCUT2D eigenvalue weighted by molar-refractivity contribution is 7.08. The average molecular weight is 356 g/mol. The first-order valence-corrected chi connectivity index (χ1v) is 8.04. The summed E-state index contributed by atoms with van der Waals surface area (Å²) in [7, 11) is 0. The monoisotopic (exact) mass is 356 g/mol. The average Bonchev–Trinajstić information content (AvgIpc) is 3.07. The standard InChI is InChI=1S/C16H15F3N2O2S/c17-16(18,19)13-3-1-2-11(8-13)9-21-14(22)4-6-20-15(23)12-5-7-24-10-12/h1-3,5,7-8,10H,4,6,9H2,(H,20,23)(H,21,22). The van der Waals surface area contributed by atoms with Gasteiger partial charge in [0.25, 0.3) is 5.91 Å². The van der Waals surface area contributed by atoms with E-state index in [9.17, 15) is 22.8 Å². The second-order valence-corrected chi connectivity index (χ2v) is 5.77. The molecular formula is C16H15F3N2O2S. The highest BCUT2D eigenvalue weighted by atomic mass is 32.1. The zero-order chi connectivity index (χ0) is 17.6. The fourth-order valence-electron chi connectivity index (χ4n) is 1.93. The molecule has 0 aliphatic rings. The molecular weight excluding hydrogens is 341 g/mol. The van der Waals surface area contributed by atoms with Crippen molar-refractivity contribution in [2.24, 2.45) is 0 Å². The molecule has 2 amide bonds. The van der Waals surface area contributed by atoms with Crippen molar-refractivity contribution in [2.75, 3.05) is 6.54 Å². The summed E-state index contributed by atoms with van der Waals surface area (Å²) in [6.07, 6.45) is -4.36. The van der Waals surface area contributed by atoms with E-state index in [0.29, 0.717) is 11.1 Å². The van der Waals surface area contributed by atoms with Crippen LogP contribution in [0.25, 0.3) is 0 Å². The number of alkyl halides is 3. The maximum Gasteiger partial charge on any atom is 0.416 e. The van der Waals surface area contributed by atoms with E-state index in [2.05, 4.69) is 10.6 Å². The molecule has 2 rings (SSSR count). The van der Waals surface area contributed by atoms with Gasteiger partial charge < -0.3 is 10.6 Å². The van der Waals surface area contributed by atoms with Gasteiger partial charge in [0.05, 0.1) is 5.56 Å². The predicted octanol–water partition coefficient (Wildman–Crippen LogP) is 3.20. The van der Waals surface area contributed by atoms with Gasteiger partial charge in [0.15, 0.2) is 0 Å². The van der Waals surface area contributed by atoms with E-state index in [1.165, 1.54) is 23.5 Å². The summed E-state index contributed by atoms with van der Waals surface area (Å²) in [5.74, 6) is -0.611. The van der Waals surface area contributed by atoms with Gasteiger partial charge in [0.2, 0.25) is 5.91 Å². The summed E-state index contributed by atoms with van der Waals surface area (Å²) in [5, 5.41) is 8.60. The zero-order valence-corrected chi connectivity index (χ0v) is 13.3.